The van der Waals surface area contributed by atoms with Gasteiger partial charge in [-0.1, -0.05) is 36.4 Å². The molecule has 98 valence electrons. The van der Waals surface area contributed by atoms with Gasteiger partial charge in [-0.2, -0.15) is 0 Å². The molecule has 0 aliphatic heterocycles. The molecule has 3 heteroatoms. The van der Waals surface area contributed by atoms with E-state index in [1.54, 1.807) is 24.3 Å². The van der Waals surface area contributed by atoms with Crippen LogP contribution in [0.15, 0.2) is 60.8 Å². The number of fused-ring (bicyclic) bond motifs is 1. The standard InChI is InChI=1S/C10H12N2.C6H6O/c11-6-5-8-7-12-10-4-2-1-3-9(8)10;7-6-4-2-1-3-5-6/h1-4,7,12H,5-6,11H2;1-5,7H. The SMILES string of the molecule is NCCc1c[nH]c2ccccc12.Oc1ccccc1. The van der Waals surface area contributed by atoms with Crippen LogP contribution in [0.2, 0.25) is 0 Å². The molecule has 4 N–H and O–H groups in total. The third kappa shape index (κ3) is 3.60. The van der Waals surface area contributed by atoms with Gasteiger partial charge in [0.05, 0.1) is 0 Å². The van der Waals surface area contributed by atoms with Gasteiger partial charge in [-0.15, -0.1) is 0 Å². The summed E-state index contributed by atoms with van der Waals surface area (Å²) in [5.74, 6) is 0.322. The van der Waals surface area contributed by atoms with E-state index in [9.17, 15) is 0 Å². The molecule has 1 aromatic heterocycles. The maximum Gasteiger partial charge on any atom is 0.115 e. The number of rotatable bonds is 2. The predicted octanol–water partition coefficient (Wildman–Crippen LogP) is 3.06. The molecule has 0 saturated heterocycles. The van der Waals surface area contributed by atoms with E-state index in [-0.39, 0.29) is 0 Å². The van der Waals surface area contributed by atoms with E-state index in [1.807, 2.05) is 18.3 Å². The molecule has 0 fully saturated rings. The number of nitrogens with two attached hydrogens (primary N) is 1. The van der Waals surface area contributed by atoms with Crippen LogP contribution in [0.3, 0.4) is 0 Å². The van der Waals surface area contributed by atoms with Crippen LogP contribution in [0.5, 0.6) is 5.75 Å². The zero-order valence-electron chi connectivity index (χ0n) is 10.7. The van der Waals surface area contributed by atoms with E-state index in [1.165, 1.54) is 16.5 Å². The van der Waals surface area contributed by atoms with Gasteiger partial charge in [-0.05, 0) is 36.7 Å². The van der Waals surface area contributed by atoms with E-state index >= 15 is 0 Å². The first-order valence-electron chi connectivity index (χ1n) is 6.30. The fourth-order valence-corrected chi connectivity index (χ4v) is 1.92. The van der Waals surface area contributed by atoms with Gasteiger partial charge in [0.15, 0.2) is 0 Å². The molecule has 0 unspecified atom stereocenters. The van der Waals surface area contributed by atoms with Gasteiger partial charge in [0.25, 0.3) is 0 Å². The minimum atomic E-state index is 0.322. The maximum absolute atomic E-state index is 8.63. The maximum atomic E-state index is 8.63. The number of H-pyrrole nitrogens is 1. The molecule has 19 heavy (non-hydrogen) atoms. The summed E-state index contributed by atoms with van der Waals surface area (Å²) in [5, 5.41) is 9.93. The number of aromatic hydroxyl groups is 1. The molecule has 0 aliphatic carbocycles. The number of hydrogen-bond donors (Lipinski definition) is 3. The number of phenols is 1. The predicted molar refractivity (Wildman–Crippen MR) is 79.2 cm³/mol. The molecule has 0 amide bonds. The largest absolute Gasteiger partial charge is 0.508 e. The lowest BCUT2D eigenvalue weighted by Crippen LogP contribution is -2.01. The minimum absolute atomic E-state index is 0.322. The molecular formula is C16H18N2O. The second-order valence-electron chi connectivity index (χ2n) is 4.23. The zero-order valence-corrected chi connectivity index (χ0v) is 10.7. The average molecular weight is 254 g/mol. The van der Waals surface area contributed by atoms with E-state index in [4.69, 9.17) is 10.8 Å². The molecule has 3 nitrogen and oxygen atoms in total. The highest BCUT2D eigenvalue weighted by Gasteiger charge is 1.99. The van der Waals surface area contributed by atoms with Gasteiger partial charge in [0.1, 0.15) is 5.75 Å². The number of aromatic nitrogens is 1. The summed E-state index contributed by atoms with van der Waals surface area (Å²) in [6.45, 7) is 0.710. The Morgan fingerprint density at radius 2 is 1.63 bits per heavy atom. The van der Waals surface area contributed by atoms with Gasteiger partial charge < -0.3 is 15.8 Å². The molecule has 0 spiro atoms. The van der Waals surface area contributed by atoms with Crippen LogP contribution in [0.4, 0.5) is 0 Å². The first-order valence-corrected chi connectivity index (χ1v) is 6.30. The molecule has 0 aliphatic rings. The fraction of sp³-hybridized carbons (Fsp3) is 0.125. The van der Waals surface area contributed by atoms with Crippen molar-refractivity contribution in [2.24, 2.45) is 5.73 Å². The normalized spacial score (nSPS) is 9.95. The Morgan fingerprint density at radius 3 is 2.26 bits per heavy atom. The van der Waals surface area contributed by atoms with E-state index in [0.29, 0.717) is 12.3 Å². The molecular weight excluding hydrogens is 236 g/mol. The van der Waals surface area contributed by atoms with Crippen LogP contribution in [0.1, 0.15) is 5.56 Å². The highest BCUT2D eigenvalue weighted by molar-refractivity contribution is 5.82. The average Bonchev–Trinajstić information content (AvgIpc) is 2.85. The number of hydrogen-bond acceptors (Lipinski definition) is 2. The Labute approximate surface area is 112 Å². The first kappa shape index (κ1) is 13.2. The van der Waals surface area contributed by atoms with Gasteiger partial charge in [0, 0.05) is 17.1 Å². The molecule has 0 radical (unpaired) electrons. The van der Waals surface area contributed by atoms with Crippen molar-refractivity contribution in [3.05, 3.63) is 66.4 Å². The summed E-state index contributed by atoms with van der Waals surface area (Å²) >= 11 is 0. The molecule has 0 bridgehead atoms. The van der Waals surface area contributed by atoms with Crippen molar-refractivity contribution in [2.75, 3.05) is 6.54 Å². The molecule has 0 atom stereocenters. The molecule has 0 saturated carbocycles. The van der Waals surface area contributed by atoms with Crippen LogP contribution >= 0.6 is 0 Å². The lowest BCUT2D eigenvalue weighted by atomic mass is 10.1. The summed E-state index contributed by atoms with van der Waals surface area (Å²) in [5.41, 5.74) is 8.01. The summed E-state index contributed by atoms with van der Waals surface area (Å²) < 4.78 is 0. The number of para-hydroxylation sites is 2. The van der Waals surface area contributed by atoms with E-state index < -0.39 is 0 Å². The Morgan fingerprint density at radius 1 is 0.947 bits per heavy atom. The van der Waals surface area contributed by atoms with Crippen molar-refractivity contribution in [1.29, 1.82) is 0 Å². The monoisotopic (exact) mass is 254 g/mol. The number of aromatic amines is 1. The second-order valence-corrected chi connectivity index (χ2v) is 4.23. The van der Waals surface area contributed by atoms with Crippen molar-refractivity contribution < 1.29 is 5.11 Å². The van der Waals surface area contributed by atoms with Crippen molar-refractivity contribution in [3.63, 3.8) is 0 Å². The third-order valence-electron chi connectivity index (χ3n) is 2.84. The van der Waals surface area contributed by atoms with Crippen molar-refractivity contribution in [2.45, 2.75) is 6.42 Å². The summed E-state index contributed by atoms with van der Waals surface area (Å²) in [6, 6.07) is 17.0. The Kier molecular flexibility index (Phi) is 4.59. The summed E-state index contributed by atoms with van der Waals surface area (Å²) in [6.07, 6.45) is 2.99. The fourth-order valence-electron chi connectivity index (χ4n) is 1.92. The van der Waals surface area contributed by atoms with E-state index in [0.717, 1.165) is 6.42 Å². The molecule has 2 aromatic carbocycles. The highest BCUT2D eigenvalue weighted by atomic mass is 16.3. The quantitative estimate of drug-likeness (QED) is 0.658. The van der Waals surface area contributed by atoms with E-state index in [2.05, 4.69) is 23.2 Å². The van der Waals surface area contributed by atoms with Gasteiger partial charge in [-0.25, -0.2) is 0 Å². The van der Waals surface area contributed by atoms with Crippen molar-refractivity contribution in [1.82, 2.24) is 4.98 Å². The number of benzene rings is 2. The third-order valence-corrected chi connectivity index (χ3v) is 2.84. The summed E-state index contributed by atoms with van der Waals surface area (Å²) in [4.78, 5) is 3.22. The van der Waals surface area contributed by atoms with Gasteiger partial charge in [-0.3, -0.25) is 0 Å². The van der Waals surface area contributed by atoms with Crippen LogP contribution in [0, 0.1) is 0 Å². The lowest BCUT2D eigenvalue weighted by molar-refractivity contribution is 0.475. The Hall–Kier alpha value is -2.26. The molecule has 3 rings (SSSR count). The lowest BCUT2D eigenvalue weighted by Gasteiger charge is -1.93. The Balaban J connectivity index is 0.000000163. The Bertz CT molecular complexity index is 617. The van der Waals surface area contributed by atoms with Crippen LogP contribution in [0.25, 0.3) is 10.9 Å². The van der Waals surface area contributed by atoms with Crippen molar-refractivity contribution >= 4 is 10.9 Å². The van der Waals surface area contributed by atoms with Crippen molar-refractivity contribution in [3.8, 4) is 5.75 Å². The highest BCUT2D eigenvalue weighted by Crippen LogP contribution is 2.17. The number of phenolic OH excluding ortho intramolecular Hbond substituents is 1. The van der Waals surface area contributed by atoms with Gasteiger partial charge >= 0.3 is 0 Å². The first-order chi connectivity index (χ1) is 9.31. The molecule has 1 heterocycles. The smallest absolute Gasteiger partial charge is 0.115 e. The van der Waals surface area contributed by atoms with Crippen LogP contribution in [-0.2, 0) is 6.42 Å². The topological polar surface area (TPSA) is 62.0 Å². The number of nitrogens with one attached hydrogen (secondary N) is 1. The van der Waals surface area contributed by atoms with Crippen LogP contribution in [-0.4, -0.2) is 16.6 Å². The second kappa shape index (κ2) is 6.61. The minimum Gasteiger partial charge on any atom is -0.508 e. The molecule has 3 aromatic rings. The zero-order chi connectivity index (χ0) is 13.5. The van der Waals surface area contributed by atoms with Gasteiger partial charge in [0.2, 0.25) is 0 Å². The summed E-state index contributed by atoms with van der Waals surface area (Å²) in [7, 11) is 0. The van der Waals surface area contributed by atoms with Crippen LogP contribution < -0.4 is 5.73 Å².